The summed E-state index contributed by atoms with van der Waals surface area (Å²) in [6.07, 6.45) is 13.1. The van der Waals surface area contributed by atoms with Gasteiger partial charge in [-0.3, -0.25) is 0 Å². The number of benzene rings is 2. The summed E-state index contributed by atoms with van der Waals surface area (Å²) >= 11 is 0. The number of nitrogens with one attached hydrogen (secondary N) is 1. The summed E-state index contributed by atoms with van der Waals surface area (Å²) in [6.45, 7) is 5.39. The molecule has 8 atom stereocenters. The first-order valence-corrected chi connectivity index (χ1v) is 13.2. The second-order valence-corrected chi connectivity index (χ2v) is 12.2. The average Bonchev–Trinajstić information content (AvgIpc) is 3.15. The van der Waals surface area contributed by atoms with Crippen LogP contribution in [0.5, 0.6) is 0 Å². The van der Waals surface area contributed by atoms with Gasteiger partial charge in [0.05, 0.1) is 0 Å². The van der Waals surface area contributed by atoms with Gasteiger partial charge in [0.1, 0.15) is 0 Å². The van der Waals surface area contributed by atoms with Crippen molar-refractivity contribution in [1.82, 2.24) is 5.32 Å². The lowest BCUT2D eigenvalue weighted by atomic mass is 9.44. The molecule has 6 rings (SSSR count). The standard InChI is InChI=1S/C30H41N/c1-29-16-14-24(31-3)19-23(29)10-11-25-27-13-12-26(30(27,2)17-15-28(25)29)22-9-8-20-6-4-5-7-21(20)18-22/h4-9,18,23-28,31H,10-17,19H2,1-3H3/t23-,24-,25-,26+,27-,28-,29-,30+/m0/s1. The monoisotopic (exact) mass is 415 g/mol. The maximum Gasteiger partial charge on any atom is 0.00671 e. The molecule has 4 saturated carbocycles. The highest BCUT2D eigenvalue weighted by Gasteiger charge is 2.60. The van der Waals surface area contributed by atoms with Gasteiger partial charge in [0.15, 0.2) is 0 Å². The molecule has 4 aliphatic carbocycles. The lowest BCUT2D eigenvalue weighted by Crippen LogP contribution is -2.54. The molecule has 0 saturated heterocycles. The smallest absolute Gasteiger partial charge is 0.00671 e. The van der Waals surface area contributed by atoms with E-state index < -0.39 is 0 Å². The van der Waals surface area contributed by atoms with Gasteiger partial charge in [0, 0.05) is 6.04 Å². The Labute approximate surface area is 189 Å². The van der Waals surface area contributed by atoms with Crippen LogP contribution in [0.15, 0.2) is 42.5 Å². The van der Waals surface area contributed by atoms with Crippen LogP contribution >= 0.6 is 0 Å². The molecule has 1 heteroatoms. The highest BCUT2D eigenvalue weighted by molar-refractivity contribution is 5.83. The van der Waals surface area contributed by atoms with Gasteiger partial charge in [-0.05, 0) is 122 Å². The predicted molar refractivity (Wildman–Crippen MR) is 131 cm³/mol. The molecule has 0 radical (unpaired) electrons. The third-order valence-corrected chi connectivity index (χ3v) is 11.2. The van der Waals surface area contributed by atoms with E-state index in [0.29, 0.717) is 10.8 Å². The SMILES string of the molecule is CN[C@H]1CC[C@@]2(C)[C@@H](CC[C@@H]3[C@@H]2CC[C@]2(C)[C@@H](c4ccc5ccccc5c4)CC[C@@H]32)C1. The molecule has 0 amide bonds. The first-order chi connectivity index (χ1) is 15.0. The van der Waals surface area contributed by atoms with Crippen LogP contribution < -0.4 is 5.32 Å². The first kappa shape index (κ1) is 20.3. The lowest BCUT2D eigenvalue weighted by molar-refractivity contribution is -0.109. The molecule has 0 spiro atoms. The Balaban J connectivity index is 1.28. The van der Waals surface area contributed by atoms with Crippen molar-refractivity contribution < 1.29 is 0 Å². The highest BCUT2D eigenvalue weighted by atomic mass is 14.9. The quantitative estimate of drug-likeness (QED) is 0.534. The Morgan fingerprint density at radius 1 is 0.774 bits per heavy atom. The minimum atomic E-state index is 0.509. The van der Waals surface area contributed by atoms with Crippen LogP contribution in [0.1, 0.15) is 83.1 Å². The van der Waals surface area contributed by atoms with Gasteiger partial charge in [-0.2, -0.15) is 0 Å². The van der Waals surface area contributed by atoms with Gasteiger partial charge >= 0.3 is 0 Å². The minimum absolute atomic E-state index is 0.509. The van der Waals surface area contributed by atoms with E-state index in [2.05, 4.69) is 68.7 Å². The summed E-state index contributed by atoms with van der Waals surface area (Å²) in [5.41, 5.74) is 2.74. The van der Waals surface area contributed by atoms with E-state index in [0.717, 1.165) is 35.6 Å². The Morgan fingerprint density at radius 3 is 2.39 bits per heavy atom. The van der Waals surface area contributed by atoms with Gasteiger partial charge in [0.2, 0.25) is 0 Å². The molecule has 4 aliphatic rings. The van der Waals surface area contributed by atoms with E-state index in [1.54, 1.807) is 5.56 Å². The Hall–Kier alpha value is -1.34. The molecule has 2 aromatic carbocycles. The molecular formula is C30H41N. The van der Waals surface area contributed by atoms with Crippen molar-refractivity contribution in [2.24, 2.45) is 34.5 Å². The molecular weight excluding hydrogens is 374 g/mol. The van der Waals surface area contributed by atoms with Crippen molar-refractivity contribution in [2.75, 3.05) is 7.05 Å². The van der Waals surface area contributed by atoms with Crippen LogP contribution in [0.25, 0.3) is 10.8 Å². The Kier molecular flexibility index (Phi) is 4.80. The summed E-state index contributed by atoms with van der Waals surface area (Å²) in [5.74, 6) is 4.63. The van der Waals surface area contributed by atoms with Crippen molar-refractivity contribution in [3.05, 3.63) is 48.0 Å². The van der Waals surface area contributed by atoms with Crippen molar-refractivity contribution >= 4 is 10.8 Å². The molecule has 1 nitrogen and oxygen atoms in total. The molecule has 2 aromatic rings. The molecule has 4 fully saturated rings. The van der Waals surface area contributed by atoms with E-state index in [-0.39, 0.29) is 0 Å². The van der Waals surface area contributed by atoms with E-state index >= 15 is 0 Å². The summed E-state index contributed by atoms with van der Waals surface area (Å²) in [5, 5.41) is 6.42. The molecule has 166 valence electrons. The average molecular weight is 416 g/mol. The summed E-state index contributed by atoms with van der Waals surface area (Å²) in [4.78, 5) is 0. The van der Waals surface area contributed by atoms with E-state index in [9.17, 15) is 0 Å². The minimum Gasteiger partial charge on any atom is -0.317 e. The molecule has 0 aromatic heterocycles. The number of rotatable bonds is 2. The van der Waals surface area contributed by atoms with Crippen molar-refractivity contribution in [1.29, 1.82) is 0 Å². The summed E-state index contributed by atoms with van der Waals surface area (Å²) < 4.78 is 0. The second kappa shape index (κ2) is 7.34. The largest absolute Gasteiger partial charge is 0.317 e. The van der Waals surface area contributed by atoms with Crippen LogP contribution in [0.3, 0.4) is 0 Å². The normalized spacial score (nSPS) is 44.5. The van der Waals surface area contributed by atoms with Crippen LogP contribution in [-0.4, -0.2) is 13.1 Å². The van der Waals surface area contributed by atoms with Gasteiger partial charge in [-0.25, -0.2) is 0 Å². The number of hydrogen-bond donors (Lipinski definition) is 1. The van der Waals surface area contributed by atoms with Crippen LogP contribution in [0.4, 0.5) is 0 Å². The van der Waals surface area contributed by atoms with E-state index in [1.807, 2.05) is 0 Å². The fourth-order valence-electron chi connectivity index (χ4n) is 9.49. The zero-order valence-electron chi connectivity index (χ0n) is 19.9. The predicted octanol–water partition coefficient (Wildman–Crippen LogP) is 7.55. The van der Waals surface area contributed by atoms with Crippen molar-refractivity contribution in [2.45, 2.75) is 83.6 Å². The third-order valence-electron chi connectivity index (χ3n) is 11.2. The van der Waals surface area contributed by atoms with Crippen LogP contribution in [-0.2, 0) is 0 Å². The lowest BCUT2D eigenvalue weighted by Gasteiger charge is -2.61. The van der Waals surface area contributed by atoms with Crippen LogP contribution in [0.2, 0.25) is 0 Å². The Morgan fingerprint density at radius 2 is 1.55 bits per heavy atom. The molecule has 0 unspecified atom stereocenters. The highest BCUT2D eigenvalue weighted by Crippen LogP contribution is 2.69. The topological polar surface area (TPSA) is 12.0 Å². The zero-order chi connectivity index (χ0) is 21.2. The van der Waals surface area contributed by atoms with Crippen LogP contribution in [0, 0.1) is 34.5 Å². The third kappa shape index (κ3) is 2.98. The Bertz CT molecular complexity index is 964. The van der Waals surface area contributed by atoms with Gasteiger partial charge in [-0.1, -0.05) is 56.3 Å². The van der Waals surface area contributed by atoms with Gasteiger partial charge < -0.3 is 5.32 Å². The maximum absolute atomic E-state index is 3.61. The number of fused-ring (bicyclic) bond motifs is 6. The zero-order valence-corrected chi connectivity index (χ0v) is 19.9. The molecule has 31 heavy (non-hydrogen) atoms. The van der Waals surface area contributed by atoms with E-state index in [1.165, 1.54) is 68.6 Å². The maximum atomic E-state index is 3.61. The van der Waals surface area contributed by atoms with Crippen molar-refractivity contribution in [3.8, 4) is 0 Å². The molecule has 0 heterocycles. The fourth-order valence-corrected chi connectivity index (χ4v) is 9.49. The van der Waals surface area contributed by atoms with Gasteiger partial charge in [-0.15, -0.1) is 0 Å². The van der Waals surface area contributed by atoms with E-state index in [4.69, 9.17) is 0 Å². The first-order valence-electron chi connectivity index (χ1n) is 13.2. The number of hydrogen-bond acceptors (Lipinski definition) is 1. The summed E-state index contributed by atoms with van der Waals surface area (Å²) in [7, 11) is 2.18. The molecule has 0 bridgehead atoms. The second-order valence-electron chi connectivity index (χ2n) is 12.2. The summed E-state index contributed by atoms with van der Waals surface area (Å²) in [6, 6.07) is 17.0. The molecule has 0 aliphatic heterocycles. The molecule has 1 N–H and O–H groups in total. The van der Waals surface area contributed by atoms with Gasteiger partial charge in [0.25, 0.3) is 0 Å². The van der Waals surface area contributed by atoms with Crippen molar-refractivity contribution in [3.63, 3.8) is 0 Å². The fraction of sp³-hybridized carbons (Fsp3) is 0.667.